The van der Waals surface area contributed by atoms with Crippen molar-refractivity contribution in [3.8, 4) is 17.2 Å². The molecule has 2 aromatic rings. The highest BCUT2D eigenvalue weighted by Crippen LogP contribution is 2.66. The number of benzene rings is 2. The standard InChI is InChI=1S/C32H35NO/c1-31-16-2-3-29(31)28-13-12-26-19-27(34)14-18-32(26,30(28)15-17-31)20-22-4-8-24(9-5-22)25-10-6-23(21-33)7-11-25/h4-11,19,28-30H,2-3,12-18,20H2,1H3/t28-,29-,30+,31-,32+/m0/s1. The summed E-state index contributed by atoms with van der Waals surface area (Å²) in [5.74, 6) is 2.81. The van der Waals surface area contributed by atoms with Crippen molar-refractivity contribution in [2.45, 2.75) is 71.1 Å². The van der Waals surface area contributed by atoms with Crippen molar-refractivity contribution in [1.82, 2.24) is 0 Å². The highest BCUT2D eigenvalue weighted by Gasteiger charge is 2.57. The largest absolute Gasteiger partial charge is 0.295 e. The van der Waals surface area contributed by atoms with Crippen molar-refractivity contribution in [2.75, 3.05) is 0 Å². The Balaban J connectivity index is 1.31. The lowest BCUT2D eigenvalue weighted by atomic mass is 9.46. The van der Waals surface area contributed by atoms with Crippen LogP contribution in [0.25, 0.3) is 11.1 Å². The molecule has 4 aliphatic rings. The molecule has 0 saturated heterocycles. The van der Waals surface area contributed by atoms with E-state index in [4.69, 9.17) is 5.26 Å². The minimum absolute atomic E-state index is 0.177. The SMILES string of the molecule is C[C@@]12CCC[C@H]1[C@@H]1CCC3=CC(=O)CC[C@]3(Cc3ccc(-c4ccc(C#N)cc4)cc3)[C@@H]1CC2. The molecule has 0 aromatic heterocycles. The number of nitriles is 1. The Morgan fingerprint density at radius 1 is 0.882 bits per heavy atom. The van der Waals surface area contributed by atoms with Crippen molar-refractivity contribution in [1.29, 1.82) is 5.26 Å². The number of ketones is 1. The number of hydrogen-bond donors (Lipinski definition) is 0. The molecule has 3 fully saturated rings. The van der Waals surface area contributed by atoms with E-state index in [-0.39, 0.29) is 5.41 Å². The second-order valence-corrected chi connectivity index (χ2v) is 11.9. The summed E-state index contributed by atoms with van der Waals surface area (Å²) in [5.41, 5.74) is 6.66. The zero-order valence-corrected chi connectivity index (χ0v) is 20.4. The highest BCUT2D eigenvalue weighted by atomic mass is 16.1. The molecule has 174 valence electrons. The predicted octanol–water partition coefficient (Wildman–Crippen LogP) is 7.67. The van der Waals surface area contributed by atoms with E-state index in [0.717, 1.165) is 49.0 Å². The maximum Gasteiger partial charge on any atom is 0.155 e. The van der Waals surface area contributed by atoms with E-state index in [9.17, 15) is 4.79 Å². The van der Waals surface area contributed by atoms with Crippen molar-refractivity contribution in [3.63, 3.8) is 0 Å². The van der Waals surface area contributed by atoms with Crippen LogP contribution >= 0.6 is 0 Å². The Hall–Kier alpha value is -2.66. The molecule has 4 aliphatic carbocycles. The molecule has 0 N–H and O–H groups in total. The lowest BCUT2D eigenvalue weighted by molar-refractivity contribution is -0.117. The molecule has 2 aromatic carbocycles. The monoisotopic (exact) mass is 449 g/mol. The third-order valence-corrected chi connectivity index (χ3v) is 10.3. The number of carbonyl (C=O) groups is 1. The molecule has 0 bridgehead atoms. The minimum Gasteiger partial charge on any atom is -0.295 e. The van der Waals surface area contributed by atoms with Crippen molar-refractivity contribution < 1.29 is 4.79 Å². The van der Waals surface area contributed by atoms with E-state index in [1.807, 2.05) is 24.3 Å². The van der Waals surface area contributed by atoms with Gasteiger partial charge in [0.1, 0.15) is 0 Å². The molecule has 5 atom stereocenters. The first-order valence-electron chi connectivity index (χ1n) is 13.3. The molecule has 34 heavy (non-hydrogen) atoms. The third-order valence-electron chi connectivity index (χ3n) is 10.3. The Kier molecular flexibility index (Phi) is 5.29. The topological polar surface area (TPSA) is 40.9 Å². The fourth-order valence-corrected chi connectivity index (χ4v) is 8.60. The lowest BCUT2D eigenvalue weighted by Gasteiger charge is -2.58. The Labute approximate surface area is 204 Å². The normalized spacial score (nSPS) is 34.4. The molecular weight excluding hydrogens is 414 g/mol. The van der Waals surface area contributed by atoms with Gasteiger partial charge in [-0.15, -0.1) is 0 Å². The van der Waals surface area contributed by atoms with Crippen LogP contribution in [-0.4, -0.2) is 5.78 Å². The maximum atomic E-state index is 12.5. The summed E-state index contributed by atoms with van der Waals surface area (Å²) >= 11 is 0. The van der Waals surface area contributed by atoms with Crippen LogP contribution in [0.3, 0.4) is 0 Å². The summed E-state index contributed by atoms with van der Waals surface area (Å²) in [7, 11) is 0. The van der Waals surface area contributed by atoms with Gasteiger partial charge in [-0.1, -0.05) is 55.3 Å². The predicted molar refractivity (Wildman–Crippen MR) is 136 cm³/mol. The first-order chi connectivity index (χ1) is 16.5. The van der Waals surface area contributed by atoms with Gasteiger partial charge in [-0.05, 0) is 115 Å². The number of fused-ring (bicyclic) bond motifs is 5. The van der Waals surface area contributed by atoms with E-state index in [1.54, 1.807) is 0 Å². The molecule has 3 saturated carbocycles. The van der Waals surface area contributed by atoms with Crippen molar-refractivity contribution >= 4 is 5.78 Å². The van der Waals surface area contributed by atoms with Gasteiger partial charge in [0.2, 0.25) is 0 Å². The average molecular weight is 450 g/mol. The van der Waals surface area contributed by atoms with Crippen LogP contribution in [0.15, 0.2) is 60.2 Å². The molecule has 0 aliphatic heterocycles. The van der Waals surface area contributed by atoms with Crippen LogP contribution in [-0.2, 0) is 11.2 Å². The summed E-state index contributed by atoms with van der Waals surface area (Å²) in [5, 5.41) is 9.07. The molecule has 0 heterocycles. The van der Waals surface area contributed by atoms with Crippen molar-refractivity contribution in [3.05, 3.63) is 71.3 Å². The quantitative estimate of drug-likeness (QED) is 0.482. The summed E-state index contributed by atoms with van der Waals surface area (Å²) < 4.78 is 0. The van der Waals surface area contributed by atoms with E-state index in [1.165, 1.54) is 55.2 Å². The molecule has 2 heteroatoms. The number of nitrogens with zero attached hydrogens (tertiary/aromatic N) is 1. The van der Waals surface area contributed by atoms with Gasteiger partial charge < -0.3 is 0 Å². The zero-order chi connectivity index (χ0) is 23.3. The van der Waals surface area contributed by atoms with E-state index >= 15 is 0 Å². The number of rotatable bonds is 3. The van der Waals surface area contributed by atoms with E-state index in [2.05, 4.69) is 43.3 Å². The zero-order valence-electron chi connectivity index (χ0n) is 20.4. The maximum absolute atomic E-state index is 12.5. The van der Waals surface area contributed by atoms with Gasteiger partial charge in [0.05, 0.1) is 11.6 Å². The molecule has 0 amide bonds. The van der Waals surface area contributed by atoms with Gasteiger partial charge in [0.25, 0.3) is 0 Å². The van der Waals surface area contributed by atoms with Gasteiger partial charge >= 0.3 is 0 Å². The van der Waals surface area contributed by atoms with Gasteiger partial charge in [-0.3, -0.25) is 4.79 Å². The van der Waals surface area contributed by atoms with E-state index in [0.29, 0.717) is 16.8 Å². The van der Waals surface area contributed by atoms with Crippen LogP contribution < -0.4 is 0 Å². The van der Waals surface area contributed by atoms with Gasteiger partial charge in [-0.25, -0.2) is 0 Å². The first kappa shape index (κ1) is 21.8. The molecule has 2 nitrogen and oxygen atoms in total. The Bertz CT molecular complexity index is 1170. The van der Waals surface area contributed by atoms with Gasteiger partial charge in [0, 0.05) is 6.42 Å². The van der Waals surface area contributed by atoms with Crippen LogP contribution in [0.1, 0.15) is 75.8 Å². The van der Waals surface area contributed by atoms with Gasteiger partial charge in [-0.2, -0.15) is 5.26 Å². The van der Waals surface area contributed by atoms with Crippen LogP contribution in [0.5, 0.6) is 0 Å². The Morgan fingerprint density at radius 3 is 2.35 bits per heavy atom. The van der Waals surface area contributed by atoms with E-state index < -0.39 is 0 Å². The summed E-state index contributed by atoms with van der Waals surface area (Å²) in [6.45, 7) is 2.57. The molecule has 0 unspecified atom stereocenters. The first-order valence-corrected chi connectivity index (χ1v) is 13.3. The molecule has 0 spiro atoms. The number of carbonyl (C=O) groups excluding carboxylic acids is 1. The van der Waals surface area contributed by atoms with Crippen LogP contribution in [0.2, 0.25) is 0 Å². The second-order valence-electron chi connectivity index (χ2n) is 11.9. The highest BCUT2D eigenvalue weighted by molar-refractivity contribution is 5.91. The third kappa shape index (κ3) is 3.48. The fourth-order valence-electron chi connectivity index (χ4n) is 8.60. The molecule has 0 radical (unpaired) electrons. The summed E-state index contributed by atoms with van der Waals surface area (Å²) in [4.78, 5) is 12.5. The molecular formula is C32H35NO. The van der Waals surface area contributed by atoms with Crippen LogP contribution in [0.4, 0.5) is 0 Å². The van der Waals surface area contributed by atoms with Crippen LogP contribution in [0, 0.1) is 39.9 Å². The Morgan fingerprint density at radius 2 is 1.62 bits per heavy atom. The van der Waals surface area contributed by atoms with Gasteiger partial charge in [0.15, 0.2) is 5.78 Å². The minimum atomic E-state index is 0.177. The summed E-state index contributed by atoms with van der Waals surface area (Å²) in [6, 6.07) is 19.1. The second kappa shape index (κ2) is 8.23. The molecule has 6 rings (SSSR count). The number of hydrogen-bond acceptors (Lipinski definition) is 2. The fraction of sp³-hybridized carbons (Fsp3) is 0.500. The van der Waals surface area contributed by atoms with Crippen molar-refractivity contribution in [2.24, 2.45) is 28.6 Å². The summed E-state index contributed by atoms with van der Waals surface area (Å²) in [6.07, 6.45) is 14.3. The number of allylic oxidation sites excluding steroid dienone is 1. The lowest BCUT2D eigenvalue weighted by Crippen LogP contribution is -2.51. The smallest absolute Gasteiger partial charge is 0.155 e. The average Bonchev–Trinajstić information content (AvgIpc) is 3.27.